The lowest BCUT2D eigenvalue weighted by molar-refractivity contribution is 0.0992. The van der Waals surface area contributed by atoms with Gasteiger partial charge in [-0.1, -0.05) is 18.2 Å². The lowest BCUT2D eigenvalue weighted by atomic mass is 10.0. The van der Waals surface area contributed by atoms with Crippen LogP contribution in [0.15, 0.2) is 35.7 Å². The van der Waals surface area contributed by atoms with Crippen molar-refractivity contribution in [3.05, 3.63) is 58.2 Å². The number of ketones is 1. The van der Waals surface area contributed by atoms with Gasteiger partial charge < -0.3 is 0 Å². The van der Waals surface area contributed by atoms with E-state index in [0.717, 1.165) is 11.3 Å². The van der Waals surface area contributed by atoms with Crippen molar-refractivity contribution in [1.29, 1.82) is 0 Å². The first-order valence-electron chi connectivity index (χ1n) is 6.44. The maximum Gasteiger partial charge on any atom is 0.169 e. The van der Waals surface area contributed by atoms with Crippen LogP contribution in [0.4, 0.5) is 0 Å². The molecule has 2 aromatic heterocycles. The van der Waals surface area contributed by atoms with E-state index < -0.39 is 0 Å². The topological polar surface area (TPSA) is 42.9 Å². The Morgan fingerprint density at radius 1 is 1.20 bits per heavy atom. The van der Waals surface area contributed by atoms with Crippen LogP contribution in [0.25, 0.3) is 10.1 Å². The summed E-state index contributed by atoms with van der Waals surface area (Å²) >= 11 is 1.68. The molecule has 0 saturated heterocycles. The van der Waals surface area contributed by atoms with E-state index in [4.69, 9.17) is 0 Å². The number of nitrogens with zero attached hydrogens (tertiary/aromatic N) is 2. The Morgan fingerprint density at radius 2 is 2.00 bits per heavy atom. The van der Waals surface area contributed by atoms with Crippen LogP contribution >= 0.6 is 11.3 Å². The Kier molecular flexibility index (Phi) is 3.32. The van der Waals surface area contributed by atoms with E-state index in [1.165, 1.54) is 10.1 Å². The van der Waals surface area contributed by atoms with Crippen LogP contribution < -0.4 is 0 Å². The number of carbonyl (C=O) groups is 1. The van der Waals surface area contributed by atoms with Crippen LogP contribution in [0.3, 0.4) is 0 Å². The van der Waals surface area contributed by atoms with Gasteiger partial charge in [0, 0.05) is 16.7 Å². The fourth-order valence-electron chi connectivity index (χ4n) is 2.27. The van der Waals surface area contributed by atoms with E-state index in [2.05, 4.69) is 27.7 Å². The molecular formula is C16H14N2OS. The van der Waals surface area contributed by atoms with Crippen molar-refractivity contribution in [3.8, 4) is 0 Å². The molecule has 4 heteroatoms. The third-order valence-corrected chi connectivity index (χ3v) is 4.33. The molecule has 0 saturated carbocycles. The Balaban J connectivity index is 1.94. The number of hydrogen-bond donors (Lipinski definition) is 0. The molecule has 0 unspecified atom stereocenters. The zero-order valence-corrected chi connectivity index (χ0v) is 12.2. The van der Waals surface area contributed by atoms with Gasteiger partial charge in [0.2, 0.25) is 0 Å². The molecule has 0 bridgehead atoms. The molecule has 0 aliphatic rings. The van der Waals surface area contributed by atoms with E-state index in [1.54, 1.807) is 11.3 Å². The summed E-state index contributed by atoms with van der Waals surface area (Å²) in [5.41, 5.74) is 3.23. The van der Waals surface area contributed by atoms with Gasteiger partial charge in [-0.05, 0) is 42.3 Å². The highest BCUT2D eigenvalue weighted by Gasteiger charge is 2.14. The Morgan fingerprint density at radius 3 is 2.85 bits per heavy atom. The number of rotatable bonds is 3. The Bertz CT molecular complexity index is 792. The average molecular weight is 282 g/mol. The van der Waals surface area contributed by atoms with Gasteiger partial charge in [0.15, 0.2) is 5.78 Å². The number of Topliss-reactive ketones (excluding diaryl/α,β-unsaturated/α-hetero) is 1. The van der Waals surface area contributed by atoms with Gasteiger partial charge in [-0.25, -0.2) is 0 Å². The monoisotopic (exact) mass is 282 g/mol. The summed E-state index contributed by atoms with van der Waals surface area (Å²) in [5.74, 6) is 0.101. The number of thiophene rings is 1. The zero-order chi connectivity index (χ0) is 14.1. The quantitative estimate of drug-likeness (QED) is 0.687. The fraction of sp³-hybridized carbons (Fsp3) is 0.188. The Labute approximate surface area is 121 Å². The van der Waals surface area contributed by atoms with Crippen molar-refractivity contribution in [2.75, 3.05) is 0 Å². The van der Waals surface area contributed by atoms with Gasteiger partial charge in [0.25, 0.3) is 0 Å². The summed E-state index contributed by atoms with van der Waals surface area (Å²) in [5, 5.41) is 11.2. The molecule has 0 aliphatic carbocycles. The number of carbonyl (C=O) groups excluding carboxylic acids is 1. The second-order valence-electron chi connectivity index (χ2n) is 4.84. The van der Waals surface area contributed by atoms with E-state index >= 15 is 0 Å². The SMILES string of the molecule is Cc1cc(C(=O)Cc2csc3ccccc23)c(C)nn1. The third-order valence-electron chi connectivity index (χ3n) is 3.31. The van der Waals surface area contributed by atoms with Crippen LogP contribution in [0, 0.1) is 13.8 Å². The predicted octanol–water partition coefficient (Wildman–Crippen LogP) is 3.73. The molecule has 1 aromatic carbocycles. The molecule has 0 N–H and O–H groups in total. The zero-order valence-electron chi connectivity index (χ0n) is 11.4. The van der Waals surface area contributed by atoms with E-state index in [9.17, 15) is 4.79 Å². The van der Waals surface area contributed by atoms with Crippen molar-refractivity contribution >= 4 is 27.2 Å². The molecule has 3 rings (SSSR count). The predicted molar refractivity (Wildman–Crippen MR) is 81.4 cm³/mol. The van der Waals surface area contributed by atoms with Crippen LogP contribution in [0.1, 0.15) is 27.3 Å². The molecule has 0 amide bonds. The smallest absolute Gasteiger partial charge is 0.169 e. The highest BCUT2D eigenvalue weighted by atomic mass is 32.1. The molecule has 0 atom stereocenters. The number of benzene rings is 1. The fourth-order valence-corrected chi connectivity index (χ4v) is 3.23. The van der Waals surface area contributed by atoms with Crippen molar-refractivity contribution in [2.45, 2.75) is 20.3 Å². The molecule has 0 spiro atoms. The average Bonchev–Trinajstić information content (AvgIpc) is 2.85. The van der Waals surface area contributed by atoms with Gasteiger partial charge >= 0.3 is 0 Å². The summed E-state index contributed by atoms with van der Waals surface area (Å²) in [6, 6.07) is 9.99. The Hall–Kier alpha value is -2.07. The minimum Gasteiger partial charge on any atom is -0.294 e. The number of aromatic nitrogens is 2. The normalized spacial score (nSPS) is 10.9. The highest BCUT2D eigenvalue weighted by molar-refractivity contribution is 7.17. The number of fused-ring (bicyclic) bond motifs is 1. The van der Waals surface area contributed by atoms with Gasteiger partial charge in [-0.15, -0.1) is 11.3 Å². The second kappa shape index (κ2) is 5.13. The molecule has 2 heterocycles. The molecule has 0 radical (unpaired) electrons. The third kappa shape index (κ3) is 2.34. The largest absolute Gasteiger partial charge is 0.294 e. The van der Waals surface area contributed by atoms with Gasteiger partial charge in [0.1, 0.15) is 0 Å². The maximum atomic E-state index is 12.5. The maximum absolute atomic E-state index is 12.5. The summed E-state index contributed by atoms with van der Waals surface area (Å²) in [7, 11) is 0. The molecule has 0 aliphatic heterocycles. The summed E-state index contributed by atoms with van der Waals surface area (Å²) in [4.78, 5) is 12.5. The van der Waals surface area contributed by atoms with Gasteiger partial charge in [-0.2, -0.15) is 10.2 Å². The minimum absolute atomic E-state index is 0.101. The van der Waals surface area contributed by atoms with Crippen LogP contribution in [0.2, 0.25) is 0 Å². The van der Waals surface area contributed by atoms with E-state index in [1.807, 2.05) is 32.0 Å². The van der Waals surface area contributed by atoms with Crippen LogP contribution in [0.5, 0.6) is 0 Å². The first kappa shape index (κ1) is 12.9. The van der Waals surface area contributed by atoms with Crippen LogP contribution in [-0.4, -0.2) is 16.0 Å². The summed E-state index contributed by atoms with van der Waals surface area (Å²) in [6.07, 6.45) is 0.413. The lowest BCUT2D eigenvalue weighted by Crippen LogP contribution is -2.08. The van der Waals surface area contributed by atoms with Crippen molar-refractivity contribution in [3.63, 3.8) is 0 Å². The second-order valence-corrected chi connectivity index (χ2v) is 5.75. The first-order chi connectivity index (χ1) is 9.65. The number of hydrogen-bond acceptors (Lipinski definition) is 4. The minimum atomic E-state index is 0.101. The van der Waals surface area contributed by atoms with Gasteiger partial charge in [0.05, 0.1) is 11.4 Å². The van der Waals surface area contributed by atoms with E-state index in [0.29, 0.717) is 17.7 Å². The molecule has 3 nitrogen and oxygen atoms in total. The first-order valence-corrected chi connectivity index (χ1v) is 7.32. The van der Waals surface area contributed by atoms with Crippen LogP contribution in [-0.2, 0) is 6.42 Å². The molecule has 0 fully saturated rings. The summed E-state index contributed by atoms with van der Waals surface area (Å²) in [6.45, 7) is 3.68. The van der Waals surface area contributed by atoms with E-state index in [-0.39, 0.29) is 5.78 Å². The number of aryl methyl sites for hydroxylation is 2. The van der Waals surface area contributed by atoms with Crippen molar-refractivity contribution in [1.82, 2.24) is 10.2 Å². The summed E-state index contributed by atoms with van der Waals surface area (Å²) < 4.78 is 1.22. The van der Waals surface area contributed by atoms with Crippen molar-refractivity contribution in [2.24, 2.45) is 0 Å². The van der Waals surface area contributed by atoms with Gasteiger partial charge in [-0.3, -0.25) is 4.79 Å². The molecule has 20 heavy (non-hydrogen) atoms. The van der Waals surface area contributed by atoms with Crippen molar-refractivity contribution < 1.29 is 4.79 Å². The molecular weight excluding hydrogens is 268 g/mol. The molecule has 100 valence electrons. The highest BCUT2D eigenvalue weighted by Crippen LogP contribution is 2.26. The molecule has 3 aromatic rings. The lowest BCUT2D eigenvalue weighted by Gasteiger charge is -2.04. The standard InChI is InChI=1S/C16H14N2OS/c1-10-7-14(11(2)18-17-10)15(19)8-12-9-20-16-6-4-3-5-13(12)16/h3-7,9H,8H2,1-2H3.